The lowest BCUT2D eigenvalue weighted by atomic mass is 9.93. The van der Waals surface area contributed by atoms with Crippen LogP contribution in [0.1, 0.15) is 84.0 Å². The topological polar surface area (TPSA) is 225 Å². The Morgan fingerprint density at radius 3 is 2.05 bits per heavy atom. The first kappa shape index (κ1) is 56.4. The smallest absolute Gasteiger partial charge is 0.494 e. The van der Waals surface area contributed by atoms with E-state index in [1.165, 1.54) is 68.7 Å². The number of methoxy groups -OCH3 is 3. The fourth-order valence-electron chi connectivity index (χ4n) is 7.82. The molecule has 1 saturated heterocycles. The summed E-state index contributed by atoms with van der Waals surface area (Å²) in [5, 5.41) is 16.4. The highest BCUT2D eigenvalue weighted by atomic mass is 19.1. The van der Waals surface area contributed by atoms with Gasteiger partial charge in [0, 0.05) is 45.4 Å². The van der Waals surface area contributed by atoms with Gasteiger partial charge in [-0.25, -0.2) is 9.18 Å². The van der Waals surface area contributed by atoms with Crippen LogP contribution in [0.4, 0.5) is 14.9 Å². The van der Waals surface area contributed by atoms with Crippen molar-refractivity contribution in [3.63, 3.8) is 0 Å². The van der Waals surface area contributed by atoms with Gasteiger partial charge in [-0.05, 0) is 56.8 Å². The highest BCUT2D eigenvalue weighted by Crippen LogP contribution is 2.31. The van der Waals surface area contributed by atoms with Crippen LogP contribution in [0.5, 0.6) is 11.5 Å². The molecule has 0 aromatic heterocycles. The average molecular weight is 933 g/mol. The van der Waals surface area contributed by atoms with Gasteiger partial charge in [0.05, 0.1) is 74.3 Å². The molecule has 0 spiro atoms. The molecule has 7 atom stereocenters. The van der Waals surface area contributed by atoms with Crippen LogP contribution in [0.15, 0.2) is 42.5 Å². The van der Waals surface area contributed by atoms with E-state index in [1.807, 2.05) is 20.8 Å². The Balaban J connectivity index is 0.00000485. The Morgan fingerprint density at radius 2 is 1.53 bits per heavy atom. The van der Waals surface area contributed by atoms with Crippen LogP contribution in [0, 0.1) is 27.8 Å². The van der Waals surface area contributed by atoms with Gasteiger partial charge in [-0.1, -0.05) is 54.4 Å². The molecule has 1 aliphatic heterocycles. The fourth-order valence-corrected chi connectivity index (χ4v) is 7.82. The molecule has 2 aromatic carbocycles. The van der Waals surface area contributed by atoms with Gasteiger partial charge in [0.1, 0.15) is 11.9 Å². The molecule has 0 aliphatic carbocycles. The van der Waals surface area contributed by atoms with E-state index in [4.69, 9.17) is 23.7 Å². The summed E-state index contributed by atoms with van der Waals surface area (Å²) in [6.07, 6.45) is -1.92. The Morgan fingerprint density at radius 1 is 0.909 bits per heavy atom. The molecule has 3 rings (SSSR count). The number of carbonyl (C=O) groups is 6. The zero-order chi connectivity index (χ0) is 49.8. The Bertz CT molecular complexity index is 1930. The van der Waals surface area contributed by atoms with Crippen molar-refractivity contribution in [1.29, 1.82) is 0 Å². The molecule has 6 unspecified atom stereocenters. The zero-order valence-electron chi connectivity index (χ0n) is 40.3. The minimum Gasteiger partial charge on any atom is -0.494 e. The summed E-state index contributed by atoms with van der Waals surface area (Å²) in [6, 6.07) is 6.48. The number of carbonyl (C=O) groups excluding carboxylic acids is 6. The van der Waals surface area contributed by atoms with Crippen LogP contribution in [0.3, 0.4) is 0 Å². The normalized spacial score (nSPS) is 16.7. The van der Waals surface area contributed by atoms with E-state index in [0.29, 0.717) is 12.8 Å². The van der Waals surface area contributed by atoms with Crippen molar-refractivity contribution in [2.75, 3.05) is 62.1 Å². The van der Waals surface area contributed by atoms with Crippen LogP contribution in [0.25, 0.3) is 0 Å². The second-order valence-electron chi connectivity index (χ2n) is 16.6. The van der Waals surface area contributed by atoms with Gasteiger partial charge >= 0.3 is 6.16 Å². The first-order valence-electron chi connectivity index (χ1n) is 22.0. The quantitative estimate of drug-likeness (QED) is 0.0491. The Kier molecular flexibility index (Phi) is 23.7. The van der Waals surface area contributed by atoms with Gasteiger partial charge in [0.25, 0.3) is 5.69 Å². The van der Waals surface area contributed by atoms with Crippen molar-refractivity contribution in [3.8, 4) is 11.5 Å². The van der Waals surface area contributed by atoms with Crippen LogP contribution >= 0.6 is 0 Å². The van der Waals surface area contributed by atoms with Crippen LogP contribution in [0.2, 0.25) is 0 Å². The van der Waals surface area contributed by atoms with Gasteiger partial charge in [0.2, 0.25) is 23.6 Å². The second kappa shape index (κ2) is 27.7. The summed E-state index contributed by atoms with van der Waals surface area (Å²) in [5.74, 6) is -4.20. The Hall–Kier alpha value is -5.73. The summed E-state index contributed by atoms with van der Waals surface area (Å²) in [6.45, 7) is 10.6. The third-order valence-corrected chi connectivity index (χ3v) is 11.0. The number of hydrogen-bond donors (Lipinski definition) is 2. The maximum atomic E-state index is 14.4. The molecule has 0 saturated carbocycles. The number of rotatable bonds is 23. The number of non-ortho nitro benzene ring substituents is 1. The van der Waals surface area contributed by atoms with E-state index in [0.717, 1.165) is 18.2 Å². The number of nitro benzene ring substituents is 1. The van der Waals surface area contributed by atoms with Gasteiger partial charge < -0.3 is 44.1 Å². The van der Waals surface area contributed by atoms with Gasteiger partial charge in [0.15, 0.2) is 17.3 Å². The first-order valence-corrected chi connectivity index (χ1v) is 22.0. The van der Waals surface area contributed by atoms with Crippen molar-refractivity contribution in [1.82, 2.24) is 25.3 Å². The van der Waals surface area contributed by atoms with E-state index in [-0.39, 0.29) is 60.5 Å². The number of nitrogens with one attached hydrogen (secondary N) is 2. The summed E-state index contributed by atoms with van der Waals surface area (Å²) in [5.41, 5.74) is -0.211. The average Bonchev–Trinajstić information content (AvgIpc) is 3.68. The number of likely N-dealkylation sites (N-methyl/N-ethyl adjacent to an activating group) is 2. The minimum atomic E-state index is -1.15. The molecule has 2 N–H and O–H groups in total. The highest BCUT2D eigenvalue weighted by molar-refractivity contribution is 5.99. The number of ether oxygens (including phenoxy) is 5. The van der Waals surface area contributed by atoms with E-state index in [9.17, 15) is 43.3 Å². The van der Waals surface area contributed by atoms with E-state index >= 15 is 0 Å². The SMILES string of the molecule is CCC.CCC[C@@H](C(CC(=O)N1CC(OC(=O)Oc2ccc([N+](=O)[O-])cc2)CC1C(OC)C(C)C(=O)NCC(=O)c1ccc(OC)c(F)c1)OC)N(C)C(=O)CNC(=O)C(C(C)C)N(C)C. The number of halogens is 1. The number of amides is 4. The monoisotopic (exact) mass is 932 g/mol. The van der Waals surface area contributed by atoms with Crippen LogP contribution in [-0.2, 0) is 33.4 Å². The number of hydrogen-bond acceptors (Lipinski definition) is 14. The van der Waals surface area contributed by atoms with Gasteiger partial charge in [-0.15, -0.1) is 0 Å². The predicted molar refractivity (Wildman–Crippen MR) is 243 cm³/mol. The number of nitro groups is 1. The lowest BCUT2D eigenvalue weighted by Crippen LogP contribution is -2.53. The van der Waals surface area contributed by atoms with Crippen molar-refractivity contribution in [2.45, 2.75) is 110 Å². The summed E-state index contributed by atoms with van der Waals surface area (Å²) in [7, 11) is 9.19. The molecule has 2 aromatic rings. The van der Waals surface area contributed by atoms with Gasteiger partial charge in [-0.2, -0.15) is 0 Å². The maximum Gasteiger partial charge on any atom is 0.514 e. The van der Waals surface area contributed by atoms with Crippen LogP contribution in [-0.4, -0.2) is 154 Å². The minimum absolute atomic E-state index is 0.00738. The molecular formula is C46H69FN6O13. The van der Waals surface area contributed by atoms with Crippen LogP contribution < -0.4 is 20.1 Å². The third-order valence-electron chi connectivity index (χ3n) is 11.0. The Labute approximate surface area is 387 Å². The number of ketones is 1. The summed E-state index contributed by atoms with van der Waals surface area (Å²) < 4.78 is 41.8. The molecule has 0 radical (unpaired) electrons. The fraction of sp³-hybridized carbons (Fsp3) is 0.609. The molecule has 66 heavy (non-hydrogen) atoms. The van der Waals surface area contributed by atoms with Crippen molar-refractivity contribution < 1.29 is 61.8 Å². The van der Waals surface area contributed by atoms with Crippen molar-refractivity contribution in [3.05, 3.63) is 64.0 Å². The maximum absolute atomic E-state index is 14.4. The van der Waals surface area contributed by atoms with Gasteiger partial charge in [-0.3, -0.25) is 39.0 Å². The van der Waals surface area contributed by atoms with E-state index in [2.05, 4.69) is 24.5 Å². The molecule has 1 fully saturated rings. The number of benzene rings is 2. The third kappa shape index (κ3) is 16.3. The first-order chi connectivity index (χ1) is 31.2. The number of Topliss-reactive ketones (excluding diaryl/α,β-unsaturated/α-hetero) is 1. The van der Waals surface area contributed by atoms with Crippen molar-refractivity contribution >= 4 is 41.3 Å². The highest BCUT2D eigenvalue weighted by Gasteiger charge is 2.46. The van der Waals surface area contributed by atoms with E-state index < -0.39 is 89.3 Å². The summed E-state index contributed by atoms with van der Waals surface area (Å²) in [4.78, 5) is 95.4. The van der Waals surface area contributed by atoms with Crippen molar-refractivity contribution in [2.24, 2.45) is 11.8 Å². The van der Waals surface area contributed by atoms with E-state index in [1.54, 1.807) is 26.0 Å². The second-order valence-corrected chi connectivity index (χ2v) is 16.6. The molecule has 368 valence electrons. The predicted octanol–water partition coefficient (Wildman–Crippen LogP) is 5.03. The summed E-state index contributed by atoms with van der Waals surface area (Å²) >= 11 is 0. The lowest BCUT2D eigenvalue weighted by molar-refractivity contribution is -0.384. The molecule has 4 amide bonds. The molecular weight excluding hydrogens is 864 g/mol. The number of likely N-dealkylation sites (tertiary alicyclic amines) is 1. The standard InChI is InChI=1S/C43H61FN6O13.C3H8/c1-11-12-32(48(7)38(53)23-46-42(55)39(25(2)3)47(5)6)36(60-9)21-37(52)49-24-30(63-43(56)62-29-16-14-28(15-17-29)50(57)58)20-33(49)40(61-10)26(4)41(54)45-22-34(51)27-13-18-35(59-8)31(44)19-27;1-3-2/h13-19,25-26,30,32-33,36,39-40H,11-12,20-24H2,1-10H3,(H,45,54)(H,46,55);3H2,1-2H3/t26?,30?,32-,33?,36?,39?,40?;/m0./s1. The molecule has 19 nitrogen and oxygen atoms in total. The number of nitrogens with zero attached hydrogens (tertiary/aromatic N) is 4. The molecule has 1 aliphatic rings. The lowest BCUT2D eigenvalue weighted by Gasteiger charge is -2.37. The zero-order valence-corrected chi connectivity index (χ0v) is 40.3. The molecule has 1 heterocycles. The molecule has 0 bridgehead atoms. The largest absolute Gasteiger partial charge is 0.514 e. The molecule has 20 heteroatoms.